The Labute approximate surface area is 124 Å². The van der Waals surface area contributed by atoms with Crippen LogP contribution >= 0.6 is 0 Å². The van der Waals surface area contributed by atoms with Gasteiger partial charge in [-0.3, -0.25) is 10.1 Å². The number of rotatable bonds is 4. The molecular formula is C14H11N3O5. The van der Waals surface area contributed by atoms with Gasteiger partial charge in [0.15, 0.2) is 0 Å². The maximum atomic E-state index is 11.4. The molecule has 0 aliphatic rings. The van der Waals surface area contributed by atoms with Crippen molar-refractivity contribution in [2.24, 2.45) is 10.2 Å². The number of non-ortho nitro benzene ring substituents is 1. The van der Waals surface area contributed by atoms with E-state index >= 15 is 0 Å². The fourth-order valence-corrected chi connectivity index (χ4v) is 1.60. The second-order valence-corrected chi connectivity index (χ2v) is 4.17. The van der Waals surface area contributed by atoms with Gasteiger partial charge < -0.3 is 9.84 Å². The maximum Gasteiger partial charge on any atom is 0.337 e. The number of hydrogen-bond acceptors (Lipinski definition) is 7. The van der Waals surface area contributed by atoms with E-state index in [1.54, 1.807) is 0 Å². The highest BCUT2D eigenvalue weighted by Gasteiger charge is 2.09. The summed E-state index contributed by atoms with van der Waals surface area (Å²) >= 11 is 0. The number of carbonyl (C=O) groups is 1. The highest BCUT2D eigenvalue weighted by Crippen LogP contribution is 2.29. The molecule has 0 radical (unpaired) electrons. The van der Waals surface area contributed by atoms with Crippen molar-refractivity contribution in [1.29, 1.82) is 0 Å². The molecule has 0 fully saturated rings. The van der Waals surface area contributed by atoms with Crippen LogP contribution in [0, 0.1) is 10.1 Å². The van der Waals surface area contributed by atoms with Crippen molar-refractivity contribution in [3.05, 3.63) is 58.1 Å². The second-order valence-electron chi connectivity index (χ2n) is 4.17. The SMILES string of the molecule is COC(=O)c1ccc(O)c(N=Nc2ccc([N+](=O)[O-])cc2)c1. The van der Waals surface area contributed by atoms with Gasteiger partial charge in [-0.1, -0.05) is 0 Å². The molecule has 0 amide bonds. The summed E-state index contributed by atoms with van der Waals surface area (Å²) < 4.78 is 4.57. The second kappa shape index (κ2) is 6.44. The van der Waals surface area contributed by atoms with Gasteiger partial charge in [0.1, 0.15) is 11.4 Å². The minimum atomic E-state index is -0.563. The summed E-state index contributed by atoms with van der Waals surface area (Å²) in [4.78, 5) is 21.4. The number of nitro benzene ring substituents is 1. The van der Waals surface area contributed by atoms with Gasteiger partial charge in [0, 0.05) is 12.1 Å². The molecule has 2 aromatic rings. The van der Waals surface area contributed by atoms with Crippen LogP contribution in [0.3, 0.4) is 0 Å². The first-order valence-corrected chi connectivity index (χ1v) is 6.09. The number of carbonyl (C=O) groups excluding carboxylic acids is 1. The number of methoxy groups -OCH3 is 1. The molecule has 2 aromatic carbocycles. The summed E-state index contributed by atoms with van der Waals surface area (Å²) in [6.45, 7) is 0. The van der Waals surface area contributed by atoms with E-state index in [1.807, 2.05) is 0 Å². The number of aromatic hydroxyl groups is 1. The number of ether oxygens (including phenoxy) is 1. The van der Waals surface area contributed by atoms with Gasteiger partial charge in [-0.2, -0.15) is 5.11 Å². The lowest BCUT2D eigenvalue weighted by Gasteiger charge is -2.02. The van der Waals surface area contributed by atoms with Crippen LogP contribution in [-0.4, -0.2) is 23.1 Å². The van der Waals surface area contributed by atoms with Crippen molar-refractivity contribution < 1.29 is 19.6 Å². The van der Waals surface area contributed by atoms with E-state index in [-0.39, 0.29) is 22.7 Å². The molecule has 112 valence electrons. The third-order valence-corrected chi connectivity index (χ3v) is 2.73. The summed E-state index contributed by atoms with van der Waals surface area (Å²) in [6.07, 6.45) is 0. The Hall–Kier alpha value is -3.29. The van der Waals surface area contributed by atoms with E-state index in [1.165, 1.54) is 49.6 Å². The van der Waals surface area contributed by atoms with Crippen LogP contribution in [-0.2, 0) is 4.74 Å². The number of hydrogen-bond donors (Lipinski definition) is 1. The van der Waals surface area contributed by atoms with Crippen molar-refractivity contribution in [1.82, 2.24) is 0 Å². The van der Waals surface area contributed by atoms with Crippen molar-refractivity contribution in [2.45, 2.75) is 0 Å². The van der Waals surface area contributed by atoms with Crippen LogP contribution in [0.15, 0.2) is 52.7 Å². The Kier molecular flexibility index (Phi) is 4.42. The lowest BCUT2D eigenvalue weighted by atomic mass is 10.2. The number of nitro groups is 1. The zero-order valence-corrected chi connectivity index (χ0v) is 11.5. The summed E-state index contributed by atoms with van der Waals surface area (Å²) in [5.74, 6) is -0.717. The first kappa shape index (κ1) is 15.1. The van der Waals surface area contributed by atoms with Gasteiger partial charge in [0.05, 0.1) is 23.3 Å². The van der Waals surface area contributed by atoms with E-state index in [0.29, 0.717) is 5.69 Å². The molecule has 0 heterocycles. The fraction of sp³-hybridized carbons (Fsp3) is 0.0714. The first-order valence-electron chi connectivity index (χ1n) is 6.09. The minimum Gasteiger partial charge on any atom is -0.506 e. The minimum absolute atomic E-state index is 0.0607. The van der Waals surface area contributed by atoms with Gasteiger partial charge >= 0.3 is 5.97 Å². The predicted octanol–water partition coefficient (Wildman–Crippen LogP) is 3.50. The topological polar surface area (TPSA) is 114 Å². The Bertz CT molecular complexity index is 741. The summed E-state index contributed by atoms with van der Waals surface area (Å²) in [5.41, 5.74) is 0.613. The third-order valence-electron chi connectivity index (χ3n) is 2.73. The predicted molar refractivity (Wildman–Crippen MR) is 76.7 cm³/mol. The van der Waals surface area contributed by atoms with Crippen LogP contribution in [0.25, 0.3) is 0 Å². The number of azo groups is 1. The smallest absolute Gasteiger partial charge is 0.337 e. The Morgan fingerprint density at radius 1 is 1.18 bits per heavy atom. The zero-order chi connectivity index (χ0) is 16.1. The van der Waals surface area contributed by atoms with Crippen molar-refractivity contribution >= 4 is 23.0 Å². The van der Waals surface area contributed by atoms with Crippen LogP contribution < -0.4 is 0 Å². The molecule has 8 heteroatoms. The normalized spacial score (nSPS) is 10.6. The standard InChI is InChI=1S/C14H11N3O5/c1-22-14(19)9-2-7-13(18)12(8-9)16-15-10-3-5-11(6-4-10)17(20)21/h2-8,18H,1H3. The largest absolute Gasteiger partial charge is 0.506 e. The molecule has 8 nitrogen and oxygen atoms in total. The highest BCUT2D eigenvalue weighted by atomic mass is 16.6. The van der Waals surface area contributed by atoms with Crippen LogP contribution in [0.4, 0.5) is 17.1 Å². The average Bonchev–Trinajstić information content (AvgIpc) is 2.53. The monoisotopic (exact) mass is 301 g/mol. The van der Waals surface area contributed by atoms with Gasteiger partial charge in [0.25, 0.3) is 5.69 Å². The van der Waals surface area contributed by atoms with Gasteiger partial charge in [0.2, 0.25) is 0 Å². The molecule has 0 saturated carbocycles. The summed E-state index contributed by atoms with van der Waals surface area (Å²) in [6, 6.07) is 9.45. The lowest BCUT2D eigenvalue weighted by molar-refractivity contribution is -0.384. The van der Waals surface area contributed by atoms with E-state index in [0.717, 1.165) is 0 Å². The zero-order valence-electron chi connectivity index (χ0n) is 11.5. The number of esters is 1. The third kappa shape index (κ3) is 3.42. The first-order chi connectivity index (χ1) is 10.5. The molecule has 0 unspecified atom stereocenters. The molecule has 22 heavy (non-hydrogen) atoms. The highest BCUT2D eigenvalue weighted by molar-refractivity contribution is 5.90. The van der Waals surface area contributed by atoms with Crippen molar-refractivity contribution in [3.63, 3.8) is 0 Å². The fourth-order valence-electron chi connectivity index (χ4n) is 1.60. The quantitative estimate of drug-likeness (QED) is 0.401. The van der Waals surface area contributed by atoms with Crippen LogP contribution in [0.5, 0.6) is 5.75 Å². The number of nitrogens with zero attached hydrogens (tertiary/aromatic N) is 3. The number of benzene rings is 2. The molecule has 2 rings (SSSR count). The molecule has 0 aromatic heterocycles. The van der Waals surface area contributed by atoms with Gasteiger partial charge in [-0.15, -0.1) is 5.11 Å². The summed E-state index contributed by atoms with van der Waals surface area (Å²) in [7, 11) is 1.24. The van der Waals surface area contributed by atoms with Crippen molar-refractivity contribution in [2.75, 3.05) is 7.11 Å². The molecule has 0 atom stereocenters. The van der Waals surface area contributed by atoms with E-state index < -0.39 is 10.9 Å². The average molecular weight is 301 g/mol. The molecule has 0 bridgehead atoms. The molecule has 0 saturated heterocycles. The maximum absolute atomic E-state index is 11.4. The number of phenols is 1. The van der Waals surface area contributed by atoms with Crippen molar-refractivity contribution in [3.8, 4) is 5.75 Å². The summed E-state index contributed by atoms with van der Waals surface area (Å²) in [5, 5.41) is 27.9. The van der Waals surface area contributed by atoms with E-state index in [9.17, 15) is 20.0 Å². The molecule has 0 aliphatic carbocycles. The van der Waals surface area contributed by atoms with Gasteiger partial charge in [-0.25, -0.2) is 4.79 Å². The van der Waals surface area contributed by atoms with Gasteiger partial charge in [-0.05, 0) is 30.3 Å². The molecule has 1 N–H and O–H groups in total. The van der Waals surface area contributed by atoms with E-state index in [4.69, 9.17) is 0 Å². The Balaban J connectivity index is 2.25. The Morgan fingerprint density at radius 3 is 2.45 bits per heavy atom. The molecule has 0 spiro atoms. The Morgan fingerprint density at radius 2 is 1.86 bits per heavy atom. The molecular weight excluding hydrogens is 290 g/mol. The van der Waals surface area contributed by atoms with Crippen LogP contribution in [0.2, 0.25) is 0 Å². The van der Waals surface area contributed by atoms with E-state index in [2.05, 4.69) is 15.0 Å². The van der Waals surface area contributed by atoms with Crippen LogP contribution in [0.1, 0.15) is 10.4 Å². The molecule has 0 aliphatic heterocycles. The lowest BCUT2D eigenvalue weighted by Crippen LogP contribution is -2.00. The number of phenolic OH excluding ortho intramolecular Hbond substituents is 1.